The van der Waals surface area contributed by atoms with Gasteiger partial charge in [-0.1, -0.05) is 0 Å². The summed E-state index contributed by atoms with van der Waals surface area (Å²) in [5.41, 5.74) is 0.528. The van der Waals surface area contributed by atoms with Crippen molar-refractivity contribution in [3.8, 4) is 10.4 Å². The standard InChI is InChI=1S/C15H10N2O5S/c1-7-11-12(18)10(15(19)20)6-16-14(11)23-13(7)8-2-4-9(5-3-8)17(21)22/h2-6H,1H3,(H,16,18)(H,19,20). The van der Waals surface area contributed by atoms with Crippen molar-refractivity contribution < 1.29 is 14.8 Å². The van der Waals surface area contributed by atoms with Gasteiger partial charge >= 0.3 is 5.97 Å². The van der Waals surface area contributed by atoms with Crippen molar-refractivity contribution >= 4 is 33.2 Å². The number of fused-ring (bicyclic) bond motifs is 1. The molecule has 0 aliphatic heterocycles. The zero-order chi connectivity index (χ0) is 16.7. The van der Waals surface area contributed by atoms with Gasteiger partial charge in [0.15, 0.2) is 0 Å². The van der Waals surface area contributed by atoms with Crippen LogP contribution < -0.4 is 5.43 Å². The molecule has 0 radical (unpaired) electrons. The number of carboxylic acids is 1. The van der Waals surface area contributed by atoms with E-state index in [1.807, 2.05) is 0 Å². The van der Waals surface area contributed by atoms with Crippen LogP contribution in [-0.2, 0) is 0 Å². The average molecular weight is 330 g/mol. The highest BCUT2D eigenvalue weighted by molar-refractivity contribution is 7.22. The SMILES string of the molecule is Cc1c(-c2ccc([N+](=O)[O-])cc2)sc2[nH]cc(C(=O)O)c(=O)c12. The number of hydrogen-bond donors (Lipinski definition) is 2. The van der Waals surface area contributed by atoms with Crippen molar-refractivity contribution in [1.29, 1.82) is 0 Å². The third-order valence-corrected chi connectivity index (χ3v) is 4.81. The van der Waals surface area contributed by atoms with Crippen LogP contribution in [0, 0.1) is 17.0 Å². The van der Waals surface area contributed by atoms with E-state index < -0.39 is 16.3 Å². The highest BCUT2D eigenvalue weighted by Gasteiger charge is 2.18. The predicted molar refractivity (Wildman–Crippen MR) is 86.2 cm³/mol. The quantitative estimate of drug-likeness (QED) is 0.565. The van der Waals surface area contributed by atoms with Gasteiger partial charge in [-0.3, -0.25) is 14.9 Å². The van der Waals surface area contributed by atoms with Gasteiger partial charge in [-0.2, -0.15) is 0 Å². The van der Waals surface area contributed by atoms with Gasteiger partial charge in [0.1, 0.15) is 10.4 Å². The summed E-state index contributed by atoms with van der Waals surface area (Å²) in [7, 11) is 0. The Morgan fingerprint density at radius 2 is 1.96 bits per heavy atom. The lowest BCUT2D eigenvalue weighted by Gasteiger charge is -1.99. The maximum absolute atomic E-state index is 12.3. The molecule has 3 rings (SSSR count). The zero-order valence-corrected chi connectivity index (χ0v) is 12.6. The fourth-order valence-electron chi connectivity index (χ4n) is 2.40. The van der Waals surface area contributed by atoms with E-state index in [-0.39, 0.29) is 11.3 Å². The van der Waals surface area contributed by atoms with Gasteiger partial charge in [-0.25, -0.2) is 4.79 Å². The number of aromatic carboxylic acids is 1. The summed E-state index contributed by atoms with van der Waals surface area (Å²) < 4.78 is 0. The van der Waals surface area contributed by atoms with Crippen LogP contribution in [-0.4, -0.2) is 21.0 Å². The van der Waals surface area contributed by atoms with Crippen LogP contribution in [0.3, 0.4) is 0 Å². The third-order valence-electron chi connectivity index (χ3n) is 3.54. The number of rotatable bonds is 3. The molecular weight excluding hydrogens is 320 g/mol. The maximum Gasteiger partial charge on any atom is 0.341 e. The topological polar surface area (TPSA) is 113 Å². The van der Waals surface area contributed by atoms with Crippen LogP contribution in [0.4, 0.5) is 5.69 Å². The minimum Gasteiger partial charge on any atom is -0.477 e. The van der Waals surface area contributed by atoms with Gasteiger partial charge < -0.3 is 10.1 Å². The van der Waals surface area contributed by atoms with Gasteiger partial charge in [0.2, 0.25) is 5.43 Å². The molecule has 0 aliphatic rings. The normalized spacial score (nSPS) is 10.8. The van der Waals surface area contributed by atoms with Crippen molar-refractivity contribution in [2.45, 2.75) is 6.92 Å². The van der Waals surface area contributed by atoms with Crippen LogP contribution in [0.15, 0.2) is 35.3 Å². The number of aromatic nitrogens is 1. The van der Waals surface area contributed by atoms with Gasteiger partial charge in [0.25, 0.3) is 5.69 Å². The van der Waals surface area contributed by atoms with E-state index in [1.165, 1.54) is 29.7 Å². The number of nitro benzene ring substituents is 1. The minimum atomic E-state index is -1.28. The van der Waals surface area contributed by atoms with Gasteiger partial charge in [-0.05, 0) is 30.2 Å². The molecule has 0 amide bonds. The monoisotopic (exact) mass is 330 g/mol. The Bertz CT molecular complexity index is 1000. The highest BCUT2D eigenvalue weighted by atomic mass is 32.1. The van der Waals surface area contributed by atoms with Crippen LogP contribution in [0.5, 0.6) is 0 Å². The van der Waals surface area contributed by atoms with Gasteiger partial charge in [0.05, 0.1) is 10.3 Å². The number of nitrogens with one attached hydrogen (secondary N) is 1. The molecule has 3 aromatic rings. The zero-order valence-electron chi connectivity index (χ0n) is 11.8. The Kier molecular flexibility index (Phi) is 3.45. The fourth-order valence-corrected chi connectivity index (χ4v) is 3.57. The first-order valence-corrected chi connectivity index (χ1v) is 7.34. The minimum absolute atomic E-state index is 0.0169. The number of non-ortho nitro benzene ring substituents is 1. The van der Waals surface area contributed by atoms with Crippen molar-refractivity contribution in [2.75, 3.05) is 0 Å². The molecule has 0 fully saturated rings. The Morgan fingerprint density at radius 3 is 2.52 bits per heavy atom. The molecule has 0 saturated carbocycles. The highest BCUT2D eigenvalue weighted by Crippen LogP contribution is 2.36. The molecule has 0 spiro atoms. The van der Waals surface area contributed by atoms with Crippen molar-refractivity contribution in [1.82, 2.24) is 4.98 Å². The first-order valence-electron chi connectivity index (χ1n) is 6.53. The number of carboxylic acid groups (broad SMARTS) is 1. The molecule has 2 N–H and O–H groups in total. The number of H-pyrrole nitrogens is 1. The van der Waals surface area contributed by atoms with Crippen molar-refractivity contribution in [3.05, 3.63) is 61.9 Å². The van der Waals surface area contributed by atoms with E-state index >= 15 is 0 Å². The number of thiophene rings is 1. The van der Waals surface area contributed by atoms with Crippen molar-refractivity contribution in [3.63, 3.8) is 0 Å². The molecule has 23 heavy (non-hydrogen) atoms. The predicted octanol–water partition coefficient (Wildman–Crippen LogP) is 3.17. The number of pyridine rings is 1. The number of nitro groups is 1. The van der Waals surface area contributed by atoms with Crippen molar-refractivity contribution in [2.24, 2.45) is 0 Å². The molecule has 1 aromatic carbocycles. The molecule has 0 saturated heterocycles. The molecule has 7 nitrogen and oxygen atoms in total. The molecule has 2 heterocycles. The first kappa shape index (κ1) is 14.9. The summed E-state index contributed by atoms with van der Waals surface area (Å²) in [6.07, 6.45) is 1.18. The van der Waals surface area contributed by atoms with Gasteiger partial charge in [0, 0.05) is 23.2 Å². The molecule has 0 bridgehead atoms. The molecule has 0 atom stereocenters. The molecule has 116 valence electrons. The second-order valence-electron chi connectivity index (χ2n) is 4.90. The number of hydrogen-bond acceptors (Lipinski definition) is 5. The molecule has 0 unspecified atom stereocenters. The molecule has 2 aromatic heterocycles. The van der Waals surface area contributed by atoms with Crippen LogP contribution in [0.1, 0.15) is 15.9 Å². The lowest BCUT2D eigenvalue weighted by atomic mass is 10.1. The third kappa shape index (κ3) is 2.38. The summed E-state index contributed by atoms with van der Waals surface area (Å²) in [5, 5.41) is 20.1. The van der Waals surface area contributed by atoms with Crippen LogP contribution in [0.2, 0.25) is 0 Å². The Labute approximate surface area is 133 Å². The number of aromatic amines is 1. The Hall–Kier alpha value is -3.00. The lowest BCUT2D eigenvalue weighted by Crippen LogP contribution is -2.15. The summed E-state index contributed by atoms with van der Waals surface area (Å²) >= 11 is 1.31. The van der Waals surface area contributed by atoms with E-state index in [1.54, 1.807) is 19.1 Å². The Morgan fingerprint density at radius 1 is 1.30 bits per heavy atom. The average Bonchev–Trinajstić information content (AvgIpc) is 2.85. The first-order chi connectivity index (χ1) is 10.9. The van der Waals surface area contributed by atoms with E-state index in [0.717, 1.165) is 10.4 Å². The van der Waals surface area contributed by atoms with E-state index in [2.05, 4.69) is 4.98 Å². The second kappa shape index (κ2) is 5.33. The number of benzene rings is 1. The molecular formula is C15H10N2O5S. The van der Waals surface area contributed by atoms with Gasteiger partial charge in [-0.15, -0.1) is 11.3 Å². The van der Waals surface area contributed by atoms with E-state index in [4.69, 9.17) is 5.11 Å². The Balaban J connectivity index is 2.21. The second-order valence-corrected chi connectivity index (χ2v) is 5.92. The summed E-state index contributed by atoms with van der Waals surface area (Å²) in [4.78, 5) is 37.8. The summed E-state index contributed by atoms with van der Waals surface area (Å²) in [6.45, 7) is 1.73. The number of carbonyl (C=O) groups is 1. The number of aryl methyl sites for hydroxylation is 1. The lowest BCUT2D eigenvalue weighted by molar-refractivity contribution is -0.384. The van der Waals surface area contributed by atoms with Crippen LogP contribution in [0.25, 0.3) is 20.7 Å². The van der Waals surface area contributed by atoms with E-state index in [9.17, 15) is 19.7 Å². The summed E-state index contributed by atoms with van der Waals surface area (Å²) in [5.74, 6) is -1.28. The molecule has 0 aliphatic carbocycles. The van der Waals surface area contributed by atoms with Crippen LogP contribution >= 0.6 is 11.3 Å². The van der Waals surface area contributed by atoms with E-state index in [0.29, 0.717) is 15.8 Å². The molecule has 8 heteroatoms. The summed E-state index contributed by atoms with van der Waals surface area (Å²) in [6, 6.07) is 6.00. The number of nitrogens with zero attached hydrogens (tertiary/aromatic N) is 1. The fraction of sp³-hybridized carbons (Fsp3) is 0.0667. The maximum atomic E-state index is 12.3. The largest absolute Gasteiger partial charge is 0.477 e. The smallest absolute Gasteiger partial charge is 0.341 e.